The van der Waals surface area contributed by atoms with Crippen LogP contribution in [0.3, 0.4) is 0 Å². The number of aliphatic hydroxyl groups is 4. The Bertz CT molecular complexity index is 617. The van der Waals surface area contributed by atoms with Gasteiger partial charge in [-0.1, -0.05) is 6.92 Å². The quantitative estimate of drug-likeness (QED) is 0.400. The molecule has 27 heavy (non-hydrogen) atoms. The molecule has 3 aliphatic rings. The standard InChI is InChI=1S/C17H24O10/c1-6-3-8(19)11-7(15(23)24-2)5-25-16(10(6)11)27-17-14(22)13(21)12(20)9(4-18)26-17/h5-6,9-14,16-18,20-22H,3-4H2,1-2H3/t6-,9?,10?,11-,12+,13?,14?,16-,17-/m1/s1. The fourth-order valence-electron chi connectivity index (χ4n) is 3.96. The topological polar surface area (TPSA) is 152 Å². The van der Waals surface area contributed by atoms with Crippen LogP contribution in [0.5, 0.6) is 0 Å². The molecule has 0 radical (unpaired) electrons. The minimum Gasteiger partial charge on any atom is -0.472 e. The molecule has 0 spiro atoms. The lowest BCUT2D eigenvalue weighted by molar-refractivity contribution is -0.342. The minimum absolute atomic E-state index is 0.102. The number of rotatable bonds is 4. The third-order valence-electron chi connectivity index (χ3n) is 5.43. The Hall–Kier alpha value is -1.56. The molecule has 3 rings (SSSR count). The molecule has 1 saturated carbocycles. The summed E-state index contributed by atoms with van der Waals surface area (Å²) in [4.78, 5) is 24.4. The summed E-state index contributed by atoms with van der Waals surface area (Å²) in [6.07, 6.45) is -6.93. The molecule has 0 bridgehead atoms. The van der Waals surface area contributed by atoms with E-state index in [2.05, 4.69) is 0 Å². The maximum absolute atomic E-state index is 12.4. The molecule has 10 nitrogen and oxygen atoms in total. The highest BCUT2D eigenvalue weighted by Gasteiger charge is 2.54. The van der Waals surface area contributed by atoms with Gasteiger partial charge in [0.2, 0.25) is 6.29 Å². The van der Waals surface area contributed by atoms with Crippen molar-refractivity contribution in [3.05, 3.63) is 11.8 Å². The molecule has 4 unspecified atom stereocenters. The van der Waals surface area contributed by atoms with Gasteiger partial charge in [-0.15, -0.1) is 0 Å². The van der Waals surface area contributed by atoms with Crippen molar-refractivity contribution in [2.24, 2.45) is 17.8 Å². The van der Waals surface area contributed by atoms with Gasteiger partial charge in [0, 0.05) is 12.3 Å². The molecule has 0 aromatic rings. The fourth-order valence-corrected chi connectivity index (χ4v) is 3.96. The van der Waals surface area contributed by atoms with E-state index in [1.165, 1.54) is 7.11 Å². The Kier molecular flexibility index (Phi) is 5.84. The van der Waals surface area contributed by atoms with Gasteiger partial charge in [-0.3, -0.25) is 4.79 Å². The Morgan fingerprint density at radius 2 is 1.93 bits per heavy atom. The summed E-state index contributed by atoms with van der Waals surface area (Å²) in [5, 5.41) is 39.1. The summed E-state index contributed by atoms with van der Waals surface area (Å²) in [6.45, 7) is 1.22. The normalized spacial score (nSPS) is 44.3. The second-order valence-electron chi connectivity index (χ2n) is 7.11. The lowest BCUT2D eigenvalue weighted by Crippen LogP contribution is -2.60. The molecule has 0 aromatic heterocycles. The number of Topliss-reactive ketones (excluding diaryl/α,β-unsaturated/α-hetero) is 1. The Morgan fingerprint density at radius 3 is 2.56 bits per heavy atom. The predicted octanol–water partition coefficient (Wildman–Crippen LogP) is -1.94. The number of ketones is 1. The maximum atomic E-state index is 12.4. The average molecular weight is 388 g/mol. The third-order valence-corrected chi connectivity index (χ3v) is 5.43. The number of carbonyl (C=O) groups is 2. The first-order chi connectivity index (χ1) is 12.8. The van der Waals surface area contributed by atoms with E-state index >= 15 is 0 Å². The first-order valence-corrected chi connectivity index (χ1v) is 8.72. The summed E-state index contributed by atoms with van der Waals surface area (Å²) in [6, 6.07) is 0. The first-order valence-electron chi connectivity index (χ1n) is 8.72. The van der Waals surface area contributed by atoms with Crippen LogP contribution in [-0.4, -0.2) is 82.9 Å². The number of hydrogen-bond donors (Lipinski definition) is 4. The van der Waals surface area contributed by atoms with Crippen molar-refractivity contribution >= 4 is 11.8 Å². The van der Waals surface area contributed by atoms with Gasteiger partial charge in [0.15, 0.2) is 6.29 Å². The smallest absolute Gasteiger partial charge is 0.337 e. The van der Waals surface area contributed by atoms with Crippen LogP contribution in [0.2, 0.25) is 0 Å². The summed E-state index contributed by atoms with van der Waals surface area (Å²) in [5.41, 5.74) is 0.102. The zero-order valence-electron chi connectivity index (χ0n) is 14.9. The third kappa shape index (κ3) is 3.48. The van der Waals surface area contributed by atoms with Gasteiger partial charge < -0.3 is 39.4 Å². The molecule has 0 amide bonds. The van der Waals surface area contributed by atoms with Gasteiger partial charge in [0.1, 0.15) is 30.2 Å². The Balaban J connectivity index is 1.82. The zero-order valence-corrected chi connectivity index (χ0v) is 14.9. The average Bonchev–Trinajstić information content (AvgIpc) is 2.96. The number of hydrogen-bond acceptors (Lipinski definition) is 10. The lowest BCUT2D eigenvalue weighted by atomic mass is 9.83. The number of methoxy groups -OCH3 is 1. The molecule has 0 aromatic carbocycles. The molecule has 2 aliphatic heterocycles. The van der Waals surface area contributed by atoms with Crippen LogP contribution >= 0.6 is 0 Å². The number of aliphatic hydroxyl groups excluding tert-OH is 4. The largest absolute Gasteiger partial charge is 0.472 e. The van der Waals surface area contributed by atoms with Crippen molar-refractivity contribution in [1.29, 1.82) is 0 Å². The summed E-state index contributed by atoms with van der Waals surface area (Å²) < 4.78 is 21.2. The lowest BCUT2D eigenvalue weighted by Gasteiger charge is -2.42. The summed E-state index contributed by atoms with van der Waals surface area (Å²) in [7, 11) is 1.21. The van der Waals surface area contributed by atoms with Crippen molar-refractivity contribution in [1.82, 2.24) is 0 Å². The van der Waals surface area contributed by atoms with E-state index in [0.717, 1.165) is 6.26 Å². The van der Waals surface area contributed by atoms with Gasteiger partial charge in [-0.05, 0) is 5.92 Å². The van der Waals surface area contributed by atoms with Gasteiger partial charge in [0.25, 0.3) is 0 Å². The SMILES string of the molecule is COC(=O)C1=CO[C@H](O[C@H]2OC(CO)[C@H](O)C(O)C2O)C2[C@H]1C(=O)C[C@H]2C. The van der Waals surface area contributed by atoms with Crippen molar-refractivity contribution in [3.63, 3.8) is 0 Å². The van der Waals surface area contributed by atoms with Crippen LogP contribution in [0, 0.1) is 17.8 Å². The predicted molar refractivity (Wildman–Crippen MR) is 85.6 cm³/mol. The van der Waals surface area contributed by atoms with E-state index in [-0.39, 0.29) is 23.7 Å². The highest BCUT2D eigenvalue weighted by molar-refractivity contribution is 5.99. The molecular weight excluding hydrogens is 364 g/mol. The van der Waals surface area contributed by atoms with E-state index in [0.29, 0.717) is 0 Å². The zero-order chi connectivity index (χ0) is 19.9. The molecule has 1 saturated heterocycles. The van der Waals surface area contributed by atoms with Gasteiger partial charge in [-0.25, -0.2) is 4.79 Å². The van der Waals surface area contributed by atoms with Crippen molar-refractivity contribution in [2.75, 3.05) is 13.7 Å². The van der Waals surface area contributed by atoms with E-state index in [9.17, 15) is 30.0 Å². The van der Waals surface area contributed by atoms with Crippen LogP contribution in [0.4, 0.5) is 0 Å². The Labute approximate surface area is 155 Å². The second kappa shape index (κ2) is 7.82. The highest BCUT2D eigenvalue weighted by Crippen LogP contribution is 2.45. The molecular formula is C17H24O10. The molecule has 152 valence electrons. The van der Waals surface area contributed by atoms with Crippen LogP contribution < -0.4 is 0 Å². The van der Waals surface area contributed by atoms with Crippen molar-refractivity contribution in [3.8, 4) is 0 Å². The number of ether oxygens (including phenoxy) is 4. The van der Waals surface area contributed by atoms with E-state index in [1.807, 2.05) is 6.92 Å². The molecule has 4 N–H and O–H groups in total. The minimum atomic E-state index is -1.59. The highest BCUT2D eigenvalue weighted by atomic mass is 16.8. The van der Waals surface area contributed by atoms with Gasteiger partial charge >= 0.3 is 5.97 Å². The van der Waals surface area contributed by atoms with Gasteiger partial charge in [0.05, 0.1) is 31.5 Å². The number of esters is 1. The van der Waals surface area contributed by atoms with E-state index in [1.54, 1.807) is 0 Å². The van der Waals surface area contributed by atoms with Crippen LogP contribution in [0.25, 0.3) is 0 Å². The summed E-state index contributed by atoms with van der Waals surface area (Å²) >= 11 is 0. The first kappa shape index (κ1) is 20.2. The number of carbonyl (C=O) groups excluding carboxylic acids is 2. The molecule has 9 atom stereocenters. The molecule has 10 heteroatoms. The molecule has 2 fully saturated rings. The van der Waals surface area contributed by atoms with E-state index < -0.39 is 61.4 Å². The van der Waals surface area contributed by atoms with Crippen LogP contribution in [0.1, 0.15) is 13.3 Å². The monoisotopic (exact) mass is 388 g/mol. The molecule has 2 heterocycles. The maximum Gasteiger partial charge on any atom is 0.337 e. The van der Waals surface area contributed by atoms with E-state index in [4.69, 9.17) is 18.9 Å². The summed E-state index contributed by atoms with van der Waals surface area (Å²) in [5.74, 6) is -2.28. The number of fused-ring (bicyclic) bond motifs is 1. The second-order valence-corrected chi connectivity index (χ2v) is 7.11. The van der Waals surface area contributed by atoms with Crippen molar-refractivity contribution < 1.29 is 49.0 Å². The fraction of sp³-hybridized carbons (Fsp3) is 0.765. The van der Waals surface area contributed by atoms with Crippen molar-refractivity contribution in [2.45, 2.75) is 50.3 Å². The van der Waals surface area contributed by atoms with Crippen LogP contribution in [-0.2, 0) is 28.5 Å². The van der Waals surface area contributed by atoms with Gasteiger partial charge in [-0.2, -0.15) is 0 Å². The van der Waals surface area contributed by atoms with Crippen LogP contribution in [0.15, 0.2) is 11.8 Å². The Morgan fingerprint density at radius 1 is 1.22 bits per heavy atom. The molecule has 1 aliphatic carbocycles.